The highest BCUT2D eigenvalue weighted by Gasteiger charge is 2.46. The summed E-state index contributed by atoms with van der Waals surface area (Å²) >= 11 is 5.56. The molecule has 2 aromatic rings. The lowest BCUT2D eigenvalue weighted by atomic mass is 10.1. The number of halogens is 4. The number of carbonyl (C=O) groups is 1. The van der Waals surface area contributed by atoms with Gasteiger partial charge in [-0.15, -0.1) is 11.6 Å². The zero-order chi connectivity index (χ0) is 19.8. The molecule has 1 atom stereocenters. The first-order chi connectivity index (χ1) is 12.7. The fourth-order valence-electron chi connectivity index (χ4n) is 2.84. The molecule has 0 aliphatic carbocycles. The van der Waals surface area contributed by atoms with Gasteiger partial charge in [0.1, 0.15) is 17.6 Å². The van der Waals surface area contributed by atoms with Gasteiger partial charge >= 0.3 is 6.18 Å². The van der Waals surface area contributed by atoms with E-state index in [0.29, 0.717) is 17.1 Å². The average molecular weight is 400 g/mol. The molecule has 1 aliphatic rings. The van der Waals surface area contributed by atoms with Crippen molar-refractivity contribution in [3.8, 4) is 11.4 Å². The van der Waals surface area contributed by atoms with Crippen LogP contribution in [0.1, 0.15) is 5.56 Å². The van der Waals surface area contributed by atoms with Crippen molar-refractivity contribution in [1.29, 1.82) is 0 Å². The summed E-state index contributed by atoms with van der Waals surface area (Å²) in [4.78, 5) is 16.9. The van der Waals surface area contributed by atoms with Crippen molar-refractivity contribution in [2.24, 2.45) is 7.05 Å². The van der Waals surface area contributed by atoms with E-state index in [-0.39, 0.29) is 5.70 Å². The lowest BCUT2D eigenvalue weighted by molar-refractivity contribution is -0.169. The van der Waals surface area contributed by atoms with Gasteiger partial charge in [0.05, 0.1) is 11.7 Å². The summed E-state index contributed by atoms with van der Waals surface area (Å²) in [6.45, 7) is 1.79. The molecule has 2 N–H and O–H groups in total. The van der Waals surface area contributed by atoms with E-state index in [1.165, 1.54) is 0 Å². The lowest BCUT2D eigenvalue weighted by Gasteiger charge is -2.23. The Labute approximate surface area is 158 Å². The highest BCUT2D eigenvalue weighted by atomic mass is 35.5. The van der Waals surface area contributed by atoms with Gasteiger partial charge in [0.15, 0.2) is 0 Å². The number of nitrogens with one attached hydrogen (secondary N) is 2. The number of rotatable bonds is 4. The molecule has 0 fully saturated rings. The Morgan fingerprint density at radius 3 is 2.70 bits per heavy atom. The average Bonchev–Trinajstić information content (AvgIpc) is 3.22. The van der Waals surface area contributed by atoms with E-state index in [1.54, 1.807) is 36.0 Å². The minimum Gasteiger partial charge on any atom is -0.334 e. The third-order valence-electron chi connectivity index (χ3n) is 4.21. The lowest BCUT2D eigenvalue weighted by Crippen LogP contribution is -2.46. The topological polar surface area (TPSA) is 62.2 Å². The Morgan fingerprint density at radius 1 is 1.41 bits per heavy atom. The van der Waals surface area contributed by atoms with Crippen LogP contribution < -0.4 is 10.7 Å². The maximum atomic E-state index is 13.1. The van der Waals surface area contributed by atoms with Crippen molar-refractivity contribution in [3.05, 3.63) is 47.9 Å². The van der Waals surface area contributed by atoms with E-state index >= 15 is 0 Å². The summed E-state index contributed by atoms with van der Waals surface area (Å²) in [6.07, 6.45) is -0.353. The maximum absolute atomic E-state index is 13.1. The SMILES string of the molecule is Cc1cccc(-c2nccn2C)c1NC(=O)C1=CC(C(F)(F)F)N(CCl)N1. The highest BCUT2D eigenvalue weighted by Crippen LogP contribution is 2.32. The normalized spacial score (nSPS) is 17.6. The standard InChI is InChI=1S/C17H17ClF3N5O/c1-10-4-3-5-11(15-22-6-7-25(15)2)14(10)23-16(27)12-8-13(17(19,20)21)26(9-18)24-12/h3-8,13,24H,9H2,1-2H3,(H,23,27). The molecule has 27 heavy (non-hydrogen) atoms. The molecule has 2 heterocycles. The number of alkyl halides is 4. The number of amides is 1. The minimum atomic E-state index is -4.55. The van der Waals surface area contributed by atoms with E-state index in [2.05, 4.69) is 15.7 Å². The zero-order valence-corrected chi connectivity index (χ0v) is 15.3. The summed E-state index contributed by atoms with van der Waals surface area (Å²) in [5.74, 6) is -0.0699. The number of carbonyl (C=O) groups excluding carboxylic acids is 1. The van der Waals surface area contributed by atoms with Crippen LogP contribution in [0.4, 0.5) is 18.9 Å². The maximum Gasteiger partial charge on any atom is 0.409 e. The molecule has 0 saturated heterocycles. The molecule has 0 bridgehead atoms. The number of aryl methyl sites for hydroxylation is 2. The Balaban J connectivity index is 1.91. The van der Waals surface area contributed by atoms with Crippen LogP contribution in [0.2, 0.25) is 0 Å². The number of anilines is 1. The number of imidazole rings is 1. The van der Waals surface area contributed by atoms with Crippen molar-refractivity contribution in [2.75, 3.05) is 11.3 Å². The molecule has 6 nitrogen and oxygen atoms in total. The molecule has 1 aromatic carbocycles. The van der Waals surface area contributed by atoms with Gasteiger partial charge < -0.3 is 15.3 Å². The number of para-hydroxylation sites is 1. The van der Waals surface area contributed by atoms with Crippen LogP contribution in [0.3, 0.4) is 0 Å². The van der Waals surface area contributed by atoms with Gasteiger partial charge in [0, 0.05) is 25.0 Å². The van der Waals surface area contributed by atoms with Crippen molar-refractivity contribution >= 4 is 23.2 Å². The van der Waals surface area contributed by atoms with E-state index in [4.69, 9.17) is 11.6 Å². The molecule has 10 heteroatoms. The fourth-order valence-corrected chi connectivity index (χ4v) is 3.05. The largest absolute Gasteiger partial charge is 0.409 e. The van der Waals surface area contributed by atoms with Crippen LogP contribution in [-0.2, 0) is 11.8 Å². The summed E-state index contributed by atoms with van der Waals surface area (Å²) in [5, 5.41) is 3.44. The molecule has 0 saturated carbocycles. The molecular weight excluding hydrogens is 383 g/mol. The number of nitrogens with zero attached hydrogens (tertiary/aromatic N) is 3. The van der Waals surface area contributed by atoms with Crippen molar-refractivity contribution in [1.82, 2.24) is 20.0 Å². The van der Waals surface area contributed by atoms with Crippen LogP contribution in [0.25, 0.3) is 11.4 Å². The van der Waals surface area contributed by atoms with Crippen LogP contribution in [0, 0.1) is 6.92 Å². The summed E-state index contributed by atoms with van der Waals surface area (Å²) < 4.78 is 41.1. The van der Waals surface area contributed by atoms with Gasteiger partial charge in [0.25, 0.3) is 5.91 Å². The Hall–Kier alpha value is -2.52. The van der Waals surface area contributed by atoms with E-state index in [9.17, 15) is 18.0 Å². The van der Waals surface area contributed by atoms with Gasteiger partial charge in [-0.3, -0.25) is 4.79 Å². The molecule has 144 valence electrons. The second-order valence-corrected chi connectivity index (χ2v) is 6.32. The molecule has 0 radical (unpaired) electrons. The van der Waals surface area contributed by atoms with Gasteiger partial charge in [-0.05, 0) is 24.6 Å². The predicted octanol–water partition coefficient (Wildman–Crippen LogP) is 3.17. The summed E-state index contributed by atoms with van der Waals surface area (Å²) in [5.41, 5.74) is 4.09. The molecule has 1 aromatic heterocycles. The van der Waals surface area contributed by atoms with Crippen molar-refractivity contribution in [2.45, 2.75) is 19.1 Å². The number of aromatic nitrogens is 2. The second-order valence-electron chi connectivity index (χ2n) is 6.08. The fraction of sp³-hybridized carbons (Fsp3) is 0.294. The Kier molecular flexibility index (Phi) is 5.16. The smallest absolute Gasteiger partial charge is 0.334 e. The first-order valence-electron chi connectivity index (χ1n) is 7.99. The molecular formula is C17H17ClF3N5O. The molecule has 1 amide bonds. The minimum absolute atomic E-state index is 0.216. The zero-order valence-electron chi connectivity index (χ0n) is 14.5. The van der Waals surface area contributed by atoms with Crippen LogP contribution in [-0.4, -0.2) is 38.7 Å². The number of hydrogen-bond acceptors (Lipinski definition) is 4. The molecule has 1 aliphatic heterocycles. The van der Waals surface area contributed by atoms with Crippen molar-refractivity contribution in [3.63, 3.8) is 0 Å². The van der Waals surface area contributed by atoms with E-state index in [1.807, 2.05) is 13.1 Å². The summed E-state index contributed by atoms with van der Waals surface area (Å²) in [7, 11) is 1.81. The van der Waals surface area contributed by atoms with Crippen LogP contribution in [0.5, 0.6) is 0 Å². The second kappa shape index (κ2) is 7.24. The first kappa shape index (κ1) is 19.2. The van der Waals surface area contributed by atoms with E-state index < -0.39 is 24.1 Å². The quantitative estimate of drug-likeness (QED) is 0.612. The van der Waals surface area contributed by atoms with Gasteiger partial charge in [0.2, 0.25) is 0 Å². The number of hydrogen-bond donors (Lipinski definition) is 2. The van der Waals surface area contributed by atoms with E-state index in [0.717, 1.165) is 16.6 Å². The third-order valence-corrected chi connectivity index (χ3v) is 4.46. The highest BCUT2D eigenvalue weighted by molar-refractivity contribution is 6.17. The molecule has 1 unspecified atom stereocenters. The molecule has 3 rings (SSSR count). The van der Waals surface area contributed by atoms with Gasteiger partial charge in [-0.1, -0.05) is 12.1 Å². The number of benzene rings is 1. The van der Waals surface area contributed by atoms with Crippen molar-refractivity contribution < 1.29 is 18.0 Å². The number of hydrazine groups is 1. The monoisotopic (exact) mass is 399 g/mol. The third kappa shape index (κ3) is 3.79. The molecule has 0 spiro atoms. The van der Waals surface area contributed by atoms with Crippen LogP contribution in [0.15, 0.2) is 42.4 Å². The summed E-state index contributed by atoms with van der Waals surface area (Å²) in [6, 6.07) is 2.99. The first-order valence-corrected chi connectivity index (χ1v) is 8.52. The van der Waals surface area contributed by atoms with Crippen LogP contribution >= 0.6 is 11.6 Å². The Bertz CT molecular complexity index is 893. The Morgan fingerprint density at radius 2 is 2.15 bits per heavy atom. The van der Waals surface area contributed by atoms with Gasteiger partial charge in [-0.25, -0.2) is 4.98 Å². The predicted molar refractivity (Wildman–Crippen MR) is 95.6 cm³/mol. The van der Waals surface area contributed by atoms with Gasteiger partial charge in [-0.2, -0.15) is 18.2 Å².